The highest BCUT2D eigenvalue weighted by Crippen LogP contribution is 2.26. The summed E-state index contributed by atoms with van der Waals surface area (Å²) in [5, 5.41) is 1.97. The molecule has 0 heterocycles. The number of hydrogen-bond donors (Lipinski definition) is 3. The van der Waals surface area contributed by atoms with Crippen LogP contribution in [0.4, 0.5) is 14.9 Å². The van der Waals surface area contributed by atoms with E-state index in [0.717, 1.165) is 12.1 Å². The first-order valence-corrected chi connectivity index (χ1v) is 7.19. The van der Waals surface area contributed by atoms with Crippen molar-refractivity contribution >= 4 is 33.3 Å². The molecule has 0 aliphatic heterocycles. The van der Waals surface area contributed by atoms with Crippen LogP contribution in [0.25, 0.3) is 0 Å². The summed E-state index contributed by atoms with van der Waals surface area (Å²) in [5.41, 5.74) is 4.89. The number of carbonyl (C=O) groups is 1. The van der Waals surface area contributed by atoms with Crippen LogP contribution in [0, 0.1) is 5.82 Å². The van der Waals surface area contributed by atoms with Crippen molar-refractivity contribution in [2.45, 2.75) is 18.2 Å². The van der Waals surface area contributed by atoms with E-state index in [1.54, 1.807) is 4.72 Å². The molecule has 4 N–H and O–H groups in total. The highest BCUT2D eigenvalue weighted by Gasteiger charge is 2.22. The number of sulfonamides is 1. The number of amides is 2. The first kappa shape index (κ1) is 15.5. The molecule has 1 rings (SSSR count). The lowest BCUT2D eigenvalue weighted by Crippen LogP contribution is -2.39. The topological polar surface area (TPSA) is 101 Å². The van der Waals surface area contributed by atoms with Gasteiger partial charge < -0.3 is 11.1 Å². The lowest BCUT2D eigenvalue weighted by atomic mass is 10.3. The summed E-state index contributed by atoms with van der Waals surface area (Å²) in [6.45, 7) is 2.13. The molecule has 0 saturated heterocycles. The number of rotatable bonds is 4. The van der Waals surface area contributed by atoms with E-state index in [0.29, 0.717) is 13.0 Å². The molecular formula is C10H13ClFN3O3S. The summed E-state index contributed by atoms with van der Waals surface area (Å²) in [7, 11) is -4.20. The normalized spacial score (nSPS) is 11.1. The molecule has 19 heavy (non-hydrogen) atoms. The van der Waals surface area contributed by atoms with Gasteiger partial charge in [0, 0.05) is 6.54 Å². The Bertz CT molecular complexity index is 592. The van der Waals surface area contributed by atoms with E-state index in [2.05, 4.69) is 5.32 Å². The van der Waals surface area contributed by atoms with Gasteiger partial charge in [-0.25, -0.2) is 22.3 Å². The van der Waals surface area contributed by atoms with Gasteiger partial charge in [-0.15, -0.1) is 0 Å². The summed E-state index contributed by atoms with van der Waals surface area (Å²) in [6, 6.07) is 0.739. The molecule has 106 valence electrons. The fourth-order valence-electron chi connectivity index (χ4n) is 1.20. The second-order valence-electron chi connectivity index (χ2n) is 3.67. The molecule has 0 bridgehead atoms. The number of nitrogen functional groups attached to an aromatic ring is 1. The number of anilines is 1. The SMILES string of the molecule is CCCNC(=O)NS(=O)(=O)c1cc(N)c(F)cc1Cl. The molecule has 0 fully saturated rings. The standard InChI is InChI=1S/C10H13ClFN3O3S/c1-2-3-14-10(16)15-19(17,18)9-5-8(13)7(12)4-6(9)11/h4-5H,2-3,13H2,1H3,(H2,14,15,16). The van der Waals surface area contributed by atoms with Crippen LogP contribution in [0.15, 0.2) is 17.0 Å². The molecule has 0 saturated carbocycles. The zero-order valence-corrected chi connectivity index (χ0v) is 11.6. The third-order valence-electron chi connectivity index (χ3n) is 2.10. The third kappa shape index (κ3) is 3.97. The quantitative estimate of drug-likeness (QED) is 0.733. The van der Waals surface area contributed by atoms with Gasteiger partial charge in [0.25, 0.3) is 10.0 Å². The first-order valence-electron chi connectivity index (χ1n) is 5.33. The summed E-state index contributed by atoms with van der Waals surface area (Å²) in [5.74, 6) is -0.834. The van der Waals surface area contributed by atoms with Crippen molar-refractivity contribution in [3.05, 3.63) is 23.0 Å². The Balaban J connectivity index is 3.01. The zero-order valence-electron chi connectivity index (χ0n) is 10.0. The van der Waals surface area contributed by atoms with Gasteiger partial charge in [-0.05, 0) is 18.6 Å². The molecule has 0 aliphatic rings. The van der Waals surface area contributed by atoms with E-state index in [-0.39, 0.29) is 10.7 Å². The Kier molecular flexibility index (Phi) is 4.96. The Hall–Kier alpha value is -1.54. The first-order chi connectivity index (χ1) is 8.77. The molecule has 0 aromatic heterocycles. The van der Waals surface area contributed by atoms with Crippen molar-refractivity contribution in [1.82, 2.24) is 10.0 Å². The Morgan fingerprint density at radius 2 is 2.11 bits per heavy atom. The number of benzene rings is 1. The number of urea groups is 1. The molecule has 0 unspecified atom stereocenters. The van der Waals surface area contributed by atoms with Gasteiger partial charge >= 0.3 is 6.03 Å². The van der Waals surface area contributed by atoms with Crippen molar-refractivity contribution in [3.8, 4) is 0 Å². The van der Waals surface area contributed by atoms with Crippen molar-refractivity contribution in [1.29, 1.82) is 0 Å². The number of carbonyl (C=O) groups excluding carboxylic acids is 1. The number of nitrogens with two attached hydrogens (primary N) is 1. The van der Waals surface area contributed by atoms with Gasteiger partial charge in [-0.2, -0.15) is 0 Å². The van der Waals surface area contributed by atoms with E-state index in [9.17, 15) is 17.6 Å². The maximum absolute atomic E-state index is 13.1. The van der Waals surface area contributed by atoms with Gasteiger partial charge in [0.05, 0.1) is 10.7 Å². The van der Waals surface area contributed by atoms with E-state index >= 15 is 0 Å². The largest absolute Gasteiger partial charge is 0.396 e. The predicted octanol–water partition coefficient (Wildman–Crippen LogP) is 1.46. The smallest absolute Gasteiger partial charge is 0.328 e. The second-order valence-corrected chi connectivity index (χ2v) is 5.72. The molecule has 1 aromatic carbocycles. The van der Waals surface area contributed by atoms with E-state index in [1.165, 1.54) is 0 Å². The molecule has 0 atom stereocenters. The van der Waals surface area contributed by atoms with Crippen LogP contribution in [0.1, 0.15) is 13.3 Å². The Morgan fingerprint density at radius 1 is 1.47 bits per heavy atom. The van der Waals surface area contributed by atoms with Crippen LogP contribution in [0.5, 0.6) is 0 Å². The summed E-state index contributed by atoms with van der Waals surface area (Å²) in [6.07, 6.45) is 0.651. The Labute approximate surface area is 115 Å². The fourth-order valence-corrected chi connectivity index (χ4v) is 2.68. The number of halogens is 2. The molecule has 1 aromatic rings. The van der Waals surface area contributed by atoms with Crippen molar-refractivity contribution in [2.75, 3.05) is 12.3 Å². The van der Waals surface area contributed by atoms with Crippen molar-refractivity contribution < 1.29 is 17.6 Å². The maximum atomic E-state index is 13.1. The van der Waals surface area contributed by atoms with Gasteiger partial charge in [0.15, 0.2) is 0 Å². The molecule has 0 aliphatic carbocycles. The maximum Gasteiger partial charge on any atom is 0.328 e. The van der Waals surface area contributed by atoms with Crippen LogP contribution in [-0.4, -0.2) is 21.0 Å². The summed E-state index contributed by atoms with van der Waals surface area (Å²) < 4.78 is 38.5. The van der Waals surface area contributed by atoms with E-state index in [4.69, 9.17) is 17.3 Å². The lowest BCUT2D eigenvalue weighted by Gasteiger charge is -2.10. The van der Waals surface area contributed by atoms with Crippen LogP contribution in [-0.2, 0) is 10.0 Å². The molecule has 2 amide bonds. The second kappa shape index (κ2) is 6.07. The highest BCUT2D eigenvalue weighted by molar-refractivity contribution is 7.90. The zero-order chi connectivity index (χ0) is 14.6. The monoisotopic (exact) mass is 309 g/mol. The summed E-state index contributed by atoms with van der Waals surface area (Å²) in [4.78, 5) is 10.8. The predicted molar refractivity (Wildman–Crippen MR) is 69.8 cm³/mol. The molecule has 0 spiro atoms. The van der Waals surface area contributed by atoms with Crippen molar-refractivity contribution in [3.63, 3.8) is 0 Å². The van der Waals surface area contributed by atoms with Crippen LogP contribution < -0.4 is 15.8 Å². The van der Waals surface area contributed by atoms with Crippen LogP contribution in [0.2, 0.25) is 5.02 Å². The third-order valence-corrected chi connectivity index (χ3v) is 3.90. The molecule has 9 heteroatoms. The minimum atomic E-state index is -4.20. The number of hydrogen-bond acceptors (Lipinski definition) is 4. The van der Waals surface area contributed by atoms with Crippen molar-refractivity contribution in [2.24, 2.45) is 0 Å². The van der Waals surface area contributed by atoms with E-state index < -0.39 is 26.8 Å². The fraction of sp³-hybridized carbons (Fsp3) is 0.300. The van der Waals surface area contributed by atoms with Crippen LogP contribution >= 0.6 is 11.6 Å². The average molecular weight is 310 g/mol. The molecule has 0 radical (unpaired) electrons. The summed E-state index contributed by atoms with van der Waals surface area (Å²) >= 11 is 5.63. The average Bonchev–Trinajstić information content (AvgIpc) is 2.30. The molecular weight excluding hydrogens is 297 g/mol. The van der Waals surface area contributed by atoms with Crippen LogP contribution in [0.3, 0.4) is 0 Å². The highest BCUT2D eigenvalue weighted by atomic mass is 35.5. The van der Waals surface area contributed by atoms with Gasteiger partial charge in [-0.3, -0.25) is 0 Å². The Morgan fingerprint density at radius 3 is 2.68 bits per heavy atom. The minimum absolute atomic E-state index is 0.320. The van der Waals surface area contributed by atoms with Gasteiger partial charge in [0.2, 0.25) is 0 Å². The van der Waals surface area contributed by atoms with E-state index in [1.807, 2.05) is 6.92 Å². The molecule has 6 nitrogen and oxygen atoms in total. The van der Waals surface area contributed by atoms with Gasteiger partial charge in [-0.1, -0.05) is 18.5 Å². The number of nitrogens with one attached hydrogen (secondary N) is 2. The minimum Gasteiger partial charge on any atom is -0.396 e. The van der Waals surface area contributed by atoms with Gasteiger partial charge in [0.1, 0.15) is 10.7 Å². The lowest BCUT2D eigenvalue weighted by molar-refractivity contribution is 0.246.